The summed E-state index contributed by atoms with van der Waals surface area (Å²) >= 11 is 6.05. The monoisotopic (exact) mass is 270 g/mol. The Labute approximate surface area is 115 Å². The zero-order valence-corrected chi connectivity index (χ0v) is 10.7. The van der Waals surface area contributed by atoms with Crippen molar-refractivity contribution in [2.45, 2.75) is 0 Å². The van der Waals surface area contributed by atoms with Gasteiger partial charge in [0.05, 0.1) is 17.6 Å². The van der Waals surface area contributed by atoms with Crippen LogP contribution in [-0.2, 0) is 0 Å². The lowest BCUT2D eigenvalue weighted by Crippen LogP contribution is -1.98. The van der Waals surface area contributed by atoms with Crippen molar-refractivity contribution in [3.8, 4) is 11.3 Å². The normalized spacial score (nSPS) is 10.8. The molecule has 2 aromatic heterocycles. The van der Waals surface area contributed by atoms with E-state index >= 15 is 0 Å². The molecule has 0 radical (unpaired) electrons. The van der Waals surface area contributed by atoms with Crippen molar-refractivity contribution in [1.29, 1.82) is 0 Å². The third-order valence-electron chi connectivity index (χ3n) is 2.92. The van der Waals surface area contributed by atoms with E-state index in [0.717, 1.165) is 16.5 Å². The van der Waals surface area contributed by atoms with Gasteiger partial charge in [-0.05, 0) is 29.7 Å². The molecule has 0 bridgehead atoms. The Morgan fingerprint density at radius 1 is 1.00 bits per heavy atom. The van der Waals surface area contributed by atoms with Crippen molar-refractivity contribution in [1.82, 2.24) is 9.97 Å². The number of pyridine rings is 2. The Balaban J connectivity index is 2.36. The predicted octanol–water partition coefficient (Wildman–Crippen LogP) is 3.11. The highest BCUT2D eigenvalue weighted by Gasteiger charge is 2.10. The van der Waals surface area contributed by atoms with Crippen LogP contribution < -0.4 is 11.5 Å². The molecule has 4 nitrogen and oxygen atoms in total. The van der Waals surface area contributed by atoms with Gasteiger partial charge in [0, 0.05) is 22.2 Å². The first kappa shape index (κ1) is 11.7. The molecule has 0 atom stereocenters. The van der Waals surface area contributed by atoms with Gasteiger partial charge in [0.1, 0.15) is 5.82 Å². The van der Waals surface area contributed by atoms with E-state index in [2.05, 4.69) is 9.97 Å². The molecule has 0 amide bonds. The largest absolute Gasteiger partial charge is 0.397 e. The van der Waals surface area contributed by atoms with Gasteiger partial charge in [0.25, 0.3) is 0 Å². The van der Waals surface area contributed by atoms with E-state index in [1.807, 2.05) is 24.3 Å². The van der Waals surface area contributed by atoms with E-state index in [4.69, 9.17) is 23.1 Å². The quantitative estimate of drug-likeness (QED) is 0.712. The van der Waals surface area contributed by atoms with E-state index in [-0.39, 0.29) is 0 Å². The van der Waals surface area contributed by atoms with Crippen molar-refractivity contribution < 1.29 is 0 Å². The van der Waals surface area contributed by atoms with Gasteiger partial charge < -0.3 is 11.5 Å². The van der Waals surface area contributed by atoms with Gasteiger partial charge in [0.2, 0.25) is 0 Å². The lowest BCUT2D eigenvalue weighted by molar-refractivity contribution is 1.30. The fourth-order valence-electron chi connectivity index (χ4n) is 2.04. The maximum absolute atomic E-state index is 6.05. The average molecular weight is 271 g/mol. The molecule has 4 N–H and O–H groups in total. The number of benzene rings is 1. The average Bonchev–Trinajstić information content (AvgIpc) is 2.41. The molecule has 1 aromatic carbocycles. The molecule has 0 unspecified atom stereocenters. The topological polar surface area (TPSA) is 77.8 Å². The van der Waals surface area contributed by atoms with E-state index in [1.54, 1.807) is 12.3 Å². The molecule has 2 heterocycles. The number of hydrogen-bond donors (Lipinski definition) is 2. The number of rotatable bonds is 1. The van der Waals surface area contributed by atoms with E-state index < -0.39 is 0 Å². The van der Waals surface area contributed by atoms with Gasteiger partial charge in [-0.25, -0.2) is 4.98 Å². The summed E-state index contributed by atoms with van der Waals surface area (Å²) in [6, 6.07) is 9.34. The van der Waals surface area contributed by atoms with Gasteiger partial charge >= 0.3 is 0 Å². The van der Waals surface area contributed by atoms with Gasteiger partial charge in [-0.3, -0.25) is 4.98 Å². The third kappa shape index (κ3) is 2.06. The molecule has 0 aliphatic rings. The Morgan fingerprint density at radius 3 is 2.68 bits per heavy atom. The van der Waals surface area contributed by atoms with Gasteiger partial charge in [0.15, 0.2) is 0 Å². The van der Waals surface area contributed by atoms with Gasteiger partial charge in [-0.1, -0.05) is 17.7 Å². The molecule has 5 heteroatoms. The molecule has 0 saturated heterocycles. The molecular formula is C14H11ClN4. The van der Waals surface area contributed by atoms with E-state index in [9.17, 15) is 0 Å². The highest BCUT2D eigenvalue weighted by atomic mass is 35.5. The second-order valence-corrected chi connectivity index (χ2v) is 4.66. The van der Waals surface area contributed by atoms with E-state index in [1.165, 1.54) is 6.20 Å². The summed E-state index contributed by atoms with van der Waals surface area (Å²) in [5.41, 5.74) is 13.7. The van der Waals surface area contributed by atoms with Crippen LogP contribution in [0.1, 0.15) is 0 Å². The van der Waals surface area contributed by atoms with Crippen LogP contribution in [0.5, 0.6) is 0 Å². The summed E-state index contributed by atoms with van der Waals surface area (Å²) in [5.74, 6) is 0.397. The summed E-state index contributed by atoms with van der Waals surface area (Å²) in [4.78, 5) is 8.45. The zero-order chi connectivity index (χ0) is 13.4. The van der Waals surface area contributed by atoms with Crippen LogP contribution >= 0.6 is 11.6 Å². The zero-order valence-electron chi connectivity index (χ0n) is 9.97. The van der Waals surface area contributed by atoms with Crippen LogP contribution in [0, 0.1) is 0 Å². The molecule has 0 spiro atoms. The number of nitrogens with two attached hydrogens (primary N) is 2. The van der Waals surface area contributed by atoms with Crippen LogP contribution in [-0.4, -0.2) is 9.97 Å². The van der Waals surface area contributed by atoms with Crippen molar-refractivity contribution in [3.05, 3.63) is 47.7 Å². The predicted molar refractivity (Wildman–Crippen MR) is 78.8 cm³/mol. The fourth-order valence-corrected chi connectivity index (χ4v) is 2.21. The Morgan fingerprint density at radius 2 is 1.84 bits per heavy atom. The molecule has 0 fully saturated rings. The minimum atomic E-state index is 0.397. The second-order valence-electron chi connectivity index (χ2n) is 4.23. The highest BCUT2D eigenvalue weighted by Crippen LogP contribution is 2.31. The van der Waals surface area contributed by atoms with Gasteiger partial charge in [-0.2, -0.15) is 0 Å². The summed E-state index contributed by atoms with van der Waals surface area (Å²) in [7, 11) is 0. The Hall–Kier alpha value is -2.33. The number of nitrogens with zero attached hydrogens (tertiary/aromatic N) is 2. The standard InChI is InChI=1S/C14H11ClN4/c15-9-2-1-8-3-4-18-13(11(8)5-9)12-6-10(16)7-19-14(12)17/h1-7H,16H2,(H2,17,19). The second kappa shape index (κ2) is 4.40. The number of hydrogen-bond acceptors (Lipinski definition) is 4. The number of nitrogen functional groups attached to an aromatic ring is 2. The summed E-state index contributed by atoms with van der Waals surface area (Å²) in [6.45, 7) is 0. The first-order chi connectivity index (χ1) is 9.15. The molecule has 3 rings (SSSR count). The lowest BCUT2D eigenvalue weighted by atomic mass is 10.0. The SMILES string of the molecule is Nc1cnc(N)c(-c2nccc3ccc(Cl)cc23)c1. The molecule has 19 heavy (non-hydrogen) atoms. The number of aromatic nitrogens is 2. The lowest BCUT2D eigenvalue weighted by Gasteiger charge is -2.09. The first-order valence-electron chi connectivity index (χ1n) is 5.71. The smallest absolute Gasteiger partial charge is 0.132 e. The minimum Gasteiger partial charge on any atom is -0.397 e. The number of halogens is 1. The number of fused-ring (bicyclic) bond motifs is 1. The van der Waals surface area contributed by atoms with Crippen LogP contribution in [0.25, 0.3) is 22.0 Å². The Kier molecular flexibility index (Phi) is 2.72. The summed E-state index contributed by atoms with van der Waals surface area (Å²) < 4.78 is 0. The van der Waals surface area contributed by atoms with E-state index in [0.29, 0.717) is 22.1 Å². The first-order valence-corrected chi connectivity index (χ1v) is 6.08. The maximum atomic E-state index is 6.05. The highest BCUT2D eigenvalue weighted by molar-refractivity contribution is 6.31. The molecule has 0 saturated carbocycles. The molecular weight excluding hydrogens is 260 g/mol. The van der Waals surface area contributed by atoms with Crippen LogP contribution in [0.15, 0.2) is 42.7 Å². The summed E-state index contributed by atoms with van der Waals surface area (Å²) in [5, 5.41) is 2.61. The molecule has 94 valence electrons. The van der Waals surface area contributed by atoms with Gasteiger partial charge in [-0.15, -0.1) is 0 Å². The third-order valence-corrected chi connectivity index (χ3v) is 3.16. The van der Waals surface area contributed by atoms with Crippen LogP contribution in [0.2, 0.25) is 5.02 Å². The molecule has 0 aliphatic heterocycles. The molecule has 0 aliphatic carbocycles. The molecule has 3 aromatic rings. The minimum absolute atomic E-state index is 0.397. The Bertz CT molecular complexity index is 770. The van der Waals surface area contributed by atoms with Crippen molar-refractivity contribution in [2.24, 2.45) is 0 Å². The van der Waals surface area contributed by atoms with Crippen LogP contribution in [0.4, 0.5) is 11.5 Å². The summed E-state index contributed by atoms with van der Waals surface area (Å²) in [6.07, 6.45) is 3.26. The van der Waals surface area contributed by atoms with Crippen molar-refractivity contribution >= 4 is 33.9 Å². The fraction of sp³-hybridized carbons (Fsp3) is 0. The van der Waals surface area contributed by atoms with Crippen molar-refractivity contribution in [3.63, 3.8) is 0 Å². The number of anilines is 2. The van der Waals surface area contributed by atoms with Crippen LogP contribution in [0.3, 0.4) is 0 Å². The van der Waals surface area contributed by atoms with Crippen molar-refractivity contribution in [2.75, 3.05) is 11.5 Å². The maximum Gasteiger partial charge on any atom is 0.132 e.